The van der Waals surface area contributed by atoms with Crippen molar-refractivity contribution in [2.24, 2.45) is 23.5 Å². The van der Waals surface area contributed by atoms with E-state index in [9.17, 15) is 9.59 Å². The zero-order valence-electron chi connectivity index (χ0n) is 16.8. The molecule has 0 radical (unpaired) electrons. The van der Waals surface area contributed by atoms with Gasteiger partial charge in [0.25, 0.3) is 0 Å². The lowest BCUT2D eigenvalue weighted by Crippen LogP contribution is -2.47. The van der Waals surface area contributed by atoms with Gasteiger partial charge in [-0.2, -0.15) is 0 Å². The van der Waals surface area contributed by atoms with E-state index in [0.717, 1.165) is 45.3 Å². The number of aryl methyl sites for hydroxylation is 1. The van der Waals surface area contributed by atoms with Gasteiger partial charge in [0.15, 0.2) is 0 Å². The van der Waals surface area contributed by atoms with Crippen LogP contribution in [-0.4, -0.2) is 53.8 Å². The normalized spacial score (nSPS) is 28.4. The third-order valence-electron chi connectivity index (χ3n) is 7.07. The molecule has 5 nitrogen and oxygen atoms in total. The maximum atomic E-state index is 12.9. The first-order valence-electron chi connectivity index (χ1n) is 11.0. The Morgan fingerprint density at radius 2 is 1.75 bits per heavy atom. The SMILES string of the molecule is NC(=O)C1[C@@H]2CN(C(=O)C3CCCCC3)CC2CN1CCCc1ccccc1. The van der Waals surface area contributed by atoms with Gasteiger partial charge < -0.3 is 10.6 Å². The summed E-state index contributed by atoms with van der Waals surface area (Å²) in [5, 5.41) is 0. The third-order valence-corrected chi connectivity index (χ3v) is 7.07. The lowest BCUT2D eigenvalue weighted by molar-refractivity contribution is -0.136. The van der Waals surface area contributed by atoms with Crippen molar-refractivity contribution in [3.05, 3.63) is 35.9 Å². The molecule has 152 valence electrons. The van der Waals surface area contributed by atoms with Crippen molar-refractivity contribution < 1.29 is 9.59 Å². The Morgan fingerprint density at radius 3 is 2.46 bits per heavy atom. The minimum Gasteiger partial charge on any atom is -0.368 e. The Morgan fingerprint density at radius 1 is 1.00 bits per heavy atom. The molecule has 2 unspecified atom stereocenters. The zero-order valence-corrected chi connectivity index (χ0v) is 16.8. The fraction of sp³-hybridized carbons (Fsp3) is 0.652. The standard InChI is InChI=1S/C23H33N3O2/c24-22(27)21-20-16-26(23(28)18-11-5-2-6-12-18)15-19(20)14-25(21)13-7-10-17-8-3-1-4-9-17/h1,3-4,8-9,18-21H,2,5-7,10-16H2,(H2,24,27)/t19?,20-,21?/m1/s1. The summed E-state index contributed by atoms with van der Waals surface area (Å²) in [7, 11) is 0. The van der Waals surface area contributed by atoms with Crippen LogP contribution in [0.3, 0.4) is 0 Å². The molecule has 2 aliphatic heterocycles. The van der Waals surface area contributed by atoms with Crippen LogP contribution in [0.2, 0.25) is 0 Å². The van der Waals surface area contributed by atoms with Crippen molar-refractivity contribution in [3.8, 4) is 0 Å². The number of rotatable bonds is 6. The van der Waals surface area contributed by atoms with E-state index < -0.39 is 0 Å². The van der Waals surface area contributed by atoms with Crippen LogP contribution in [0.5, 0.6) is 0 Å². The van der Waals surface area contributed by atoms with Crippen molar-refractivity contribution >= 4 is 11.8 Å². The molecule has 1 aromatic carbocycles. The van der Waals surface area contributed by atoms with Crippen LogP contribution in [0.4, 0.5) is 0 Å². The molecule has 2 N–H and O–H groups in total. The maximum Gasteiger partial charge on any atom is 0.235 e. The summed E-state index contributed by atoms with van der Waals surface area (Å²) in [5.41, 5.74) is 7.14. The topological polar surface area (TPSA) is 66.6 Å². The van der Waals surface area contributed by atoms with Crippen molar-refractivity contribution in [1.82, 2.24) is 9.80 Å². The Kier molecular flexibility index (Phi) is 6.00. The van der Waals surface area contributed by atoms with Gasteiger partial charge in [0.05, 0.1) is 6.04 Å². The molecule has 2 amide bonds. The molecular weight excluding hydrogens is 350 g/mol. The molecular formula is C23H33N3O2. The van der Waals surface area contributed by atoms with Gasteiger partial charge in [-0.3, -0.25) is 14.5 Å². The minimum absolute atomic E-state index is 0.210. The molecule has 1 saturated carbocycles. The Balaban J connectivity index is 1.33. The second kappa shape index (κ2) is 8.64. The number of nitrogens with zero attached hydrogens (tertiary/aromatic N) is 2. The molecule has 0 aromatic heterocycles. The molecule has 5 heteroatoms. The van der Waals surface area contributed by atoms with E-state index in [1.807, 2.05) is 11.0 Å². The molecule has 2 saturated heterocycles. The van der Waals surface area contributed by atoms with Gasteiger partial charge in [-0.1, -0.05) is 49.6 Å². The van der Waals surface area contributed by atoms with E-state index in [0.29, 0.717) is 18.4 Å². The fourth-order valence-electron chi connectivity index (χ4n) is 5.67. The van der Waals surface area contributed by atoms with E-state index >= 15 is 0 Å². The maximum absolute atomic E-state index is 12.9. The number of primary amides is 1. The summed E-state index contributed by atoms with van der Waals surface area (Å²) in [5.74, 6) is 0.914. The molecule has 28 heavy (non-hydrogen) atoms. The third kappa shape index (κ3) is 4.09. The van der Waals surface area contributed by atoms with Gasteiger partial charge in [0.2, 0.25) is 11.8 Å². The average molecular weight is 384 g/mol. The molecule has 0 spiro atoms. The summed E-state index contributed by atoms with van der Waals surface area (Å²) in [4.78, 5) is 29.5. The highest BCUT2D eigenvalue weighted by molar-refractivity contribution is 5.82. The lowest BCUT2D eigenvalue weighted by Gasteiger charge is -2.30. The van der Waals surface area contributed by atoms with Crippen molar-refractivity contribution in [2.75, 3.05) is 26.2 Å². The Hall–Kier alpha value is -1.88. The second-order valence-corrected chi connectivity index (χ2v) is 8.93. The van der Waals surface area contributed by atoms with Gasteiger partial charge in [-0.15, -0.1) is 0 Å². The van der Waals surface area contributed by atoms with Gasteiger partial charge in [0.1, 0.15) is 0 Å². The molecule has 1 aliphatic carbocycles. The zero-order chi connectivity index (χ0) is 19.5. The van der Waals surface area contributed by atoms with Gasteiger partial charge in [0, 0.05) is 31.5 Å². The average Bonchev–Trinajstić information content (AvgIpc) is 3.26. The second-order valence-electron chi connectivity index (χ2n) is 8.93. The van der Waals surface area contributed by atoms with Crippen LogP contribution < -0.4 is 5.73 Å². The van der Waals surface area contributed by atoms with Crippen molar-refractivity contribution in [1.29, 1.82) is 0 Å². The monoisotopic (exact) mass is 383 g/mol. The van der Waals surface area contributed by atoms with Crippen LogP contribution in [0.1, 0.15) is 44.1 Å². The van der Waals surface area contributed by atoms with Crippen LogP contribution in [-0.2, 0) is 16.0 Å². The number of likely N-dealkylation sites (tertiary alicyclic amines) is 2. The summed E-state index contributed by atoms with van der Waals surface area (Å²) in [6.45, 7) is 3.30. The lowest BCUT2D eigenvalue weighted by atomic mass is 9.88. The largest absolute Gasteiger partial charge is 0.368 e. The van der Waals surface area contributed by atoms with E-state index in [1.54, 1.807) is 0 Å². The highest BCUT2D eigenvalue weighted by Crippen LogP contribution is 2.38. The fourth-order valence-corrected chi connectivity index (χ4v) is 5.67. The number of benzene rings is 1. The van der Waals surface area contributed by atoms with E-state index in [2.05, 4.69) is 29.2 Å². The van der Waals surface area contributed by atoms with Crippen molar-refractivity contribution in [2.45, 2.75) is 51.0 Å². The van der Waals surface area contributed by atoms with Gasteiger partial charge >= 0.3 is 0 Å². The molecule has 3 atom stereocenters. The van der Waals surface area contributed by atoms with E-state index in [-0.39, 0.29) is 23.8 Å². The van der Waals surface area contributed by atoms with Crippen molar-refractivity contribution in [3.63, 3.8) is 0 Å². The first kappa shape index (κ1) is 19.4. The molecule has 3 aliphatic rings. The molecule has 1 aromatic rings. The predicted molar refractivity (Wildman–Crippen MR) is 109 cm³/mol. The van der Waals surface area contributed by atoms with Crippen LogP contribution in [0.15, 0.2) is 30.3 Å². The molecule has 2 heterocycles. The highest BCUT2D eigenvalue weighted by Gasteiger charge is 2.50. The number of amides is 2. The van der Waals surface area contributed by atoms with Crippen LogP contribution in [0.25, 0.3) is 0 Å². The highest BCUT2D eigenvalue weighted by atomic mass is 16.2. The quantitative estimate of drug-likeness (QED) is 0.820. The Labute approximate surface area is 168 Å². The first-order valence-corrected chi connectivity index (χ1v) is 11.0. The summed E-state index contributed by atoms with van der Waals surface area (Å²) in [6.07, 6.45) is 7.73. The molecule has 0 bridgehead atoms. The van der Waals surface area contributed by atoms with Crippen LogP contribution in [0, 0.1) is 17.8 Å². The Bertz CT molecular complexity index is 686. The minimum atomic E-state index is -0.223. The number of carbonyl (C=O) groups is 2. The summed E-state index contributed by atoms with van der Waals surface area (Å²) < 4.78 is 0. The van der Waals surface area contributed by atoms with Crippen LogP contribution >= 0.6 is 0 Å². The summed E-state index contributed by atoms with van der Waals surface area (Å²) in [6, 6.07) is 10.3. The number of carbonyl (C=O) groups excluding carboxylic acids is 2. The number of hydrogen-bond acceptors (Lipinski definition) is 3. The van der Waals surface area contributed by atoms with E-state index in [1.165, 1.54) is 24.8 Å². The van der Waals surface area contributed by atoms with Gasteiger partial charge in [-0.05, 0) is 43.7 Å². The molecule has 4 rings (SSSR count). The predicted octanol–water partition coefficient (Wildman–Crippen LogP) is 2.44. The number of nitrogens with two attached hydrogens (primary N) is 1. The number of fused-ring (bicyclic) bond motifs is 1. The molecule has 3 fully saturated rings. The smallest absolute Gasteiger partial charge is 0.235 e. The van der Waals surface area contributed by atoms with E-state index in [4.69, 9.17) is 5.73 Å². The number of hydrogen-bond donors (Lipinski definition) is 1. The van der Waals surface area contributed by atoms with Gasteiger partial charge in [-0.25, -0.2) is 0 Å². The summed E-state index contributed by atoms with van der Waals surface area (Å²) >= 11 is 0. The first-order chi connectivity index (χ1) is 13.6.